The Morgan fingerprint density at radius 1 is 1.04 bits per heavy atom. The molecular weight excluding hydrogens is 362 g/mol. The number of rotatable bonds is 4. The molecule has 2 aromatic carbocycles. The van der Waals surface area contributed by atoms with Crippen LogP contribution in [0.25, 0.3) is 10.9 Å². The number of alkyl halides is 2. The van der Waals surface area contributed by atoms with E-state index in [4.69, 9.17) is 0 Å². The number of hydrogen-bond acceptors (Lipinski definition) is 3. The Morgan fingerprint density at radius 3 is 2.54 bits per heavy atom. The highest BCUT2D eigenvalue weighted by atomic mass is 19.3. The van der Waals surface area contributed by atoms with E-state index in [-0.39, 0.29) is 5.91 Å². The summed E-state index contributed by atoms with van der Waals surface area (Å²) in [5.41, 5.74) is 2.35. The summed E-state index contributed by atoms with van der Waals surface area (Å²) in [6, 6.07) is 14.2. The van der Waals surface area contributed by atoms with Crippen molar-refractivity contribution in [1.29, 1.82) is 0 Å². The largest absolute Gasteiger partial charge is 0.368 e. The van der Waals surface area contributed by atoms with E-state index in [0.717, 1.165) is 36.4 Å². The Balaban J connectivity index is 1.59. The number of benzene rings is 2. The van der Waals surface area contributed by atoms with Crippen molar-refractivity contribution in [1.82, 2.24) is 9.47 Å². The van der Waals surface area contributed by atoms with Gasteiger partial charge >= 0.3 is 6.55 Å². The summed E-state index contributed by atoms with van der Waals surface area (Å²) in [7, 11) is 2.08. The van der Waals surface area contributed by atoms with Gasteiger partial charge < -0.3 is 15.1 Å². The molecule has 0 unspecified atom stereocenters. The Bertz CT molecular complexity index is 993. The lowest BCUT2D eigenvalue weighted by atomic mass is 10.1. The van der Waals surface area contributed by atoms with Crippen LogP contribution < -0.4 is 10.2 Å². The average molecular weight is 384 g/mol. The van der Waals surface area contributed by atoms with Crippen LogP contribution in [-0.4, -0.2) is 48.6 Å². The van der Waals surface area contributed by atoms with E-state index in [2.05, 4.69) is 22.2 Å². The number of aromatic nitrogens is 1. The number of fused-ring (bicyclic) bond motifs is 1. The highest BCUT2D eigenvalue weighted by molar-refractivity contribution is 6.08. The number of para-hydroxylation sites is 1. The van der Waals surface area contributed by atoms with Crippen LogP contribution in [0.5, 0.6) is 0 Å². The first-order chi connectivity index (χ1) is 13.5. The lowest BCUT2D eigenvalue weighted by Crippen LogP contribution is -2.45. The molecule has 0 spiro atoms. The van der Waals surface area contributed by atoms with E-state index >= 15 is 0 Å². The molecule has 2 heterocycles. The fraction of sp³-hybridized carbons (Fsp3) is 0.286. The van der Waals surface area contributed by atoms with Gasteiger partial charge in [0.15, 0.2) is 0 Å². The van der Waals surface area contributed by atoms with Gasteiger partial charge in [0.25, 0.3) is 5.91 Å². The van der Waals surface area contributed by atoms with E-state index in [1.165, 1.54) is 6.20 Å². The molecule has 3 aromatic rings. The molecule has 0 radical (unpaired) electrons. The van der Waals surface area contributed by atoms with E-state index in [0.29, 0.717) is 22.2 Å². The number of anilines is 2. The lowest BCUT2D eigenvalue weighted by Gasteiger charge is -2.35. The van der Waals surface area contributed by atoms with E-state index in [1.54, 1.807) is 30.3 Å². The number of amides is 1. The number of carbonyl (C=O) groups is 1. The highest BCUT2D eigenvalue weighted by Crippen LogP contribution is 2.27. The van der Waals surface area contributed by atoms with Crippen LogP contribution in [0, 0.1) is 0 Å². The Labute approximate surface area is 162 Å². The van der Waals surface area contributed by atoms with Gasteiger partial charge in [-0.15, -0.1) is 0 Å². The van der Waals surface area contributed by atoms with Crippen molar-refractivity contribution in [3.8, 4) is 0 Å². The Hall–Kier alpha value is -2.93. The predicted molar refractivity (Wildman–Crippen MR) is 107 cm³/mol. The SMILES string of the molecule is CN1CCN(c2ccccc2C(=O)Nc2ccc3ccn(C(F)F)c3c2)CC1. The van der Waals surface area contributed by atoms with E-state index in [1.807, 2.05) is 18.2 Å². The van der Waals surface area contributed by atoms with Crippen molar-refractivity contribution in [2.75, 3.05) is 43.4 Å². The number of carbonyl (C=O) groups excluding carboxylic acids is 1. The highest BCUT2D eigenvalue weighted by Gasteiger charge is 2.20. The van der Waals surface area contributed by atoms with Gasteiger partial charge in [0.05, 0.1) is 11.1 Å². The molecule has 1 aliphatic rings. The van der Waals surface area contributed by atoms with Gasteiger partial charge in [-0.2, -0.15) is 8.78 Å². The maximum atomic E-state index is 13.1. The standard InChI is InChI=1S/C21H22F2N4O/c1-25-10-12-26(13-11-25)18-5-3-2-4-17(18)20(28)24-16-7-6-15-8-9-27(21(22)23)19(15)14-16/h2-9,14,21H,10-13H2,1H3,(H,24,28). The first kappa shape index (κ1) is 18.4. The van der Waals surface area contributed by atoms with Crippen LogP contribution in [-0.2, 0) is 0 Å². The van der Waals surface area contributed by atoms with Crippen LogP contribution in [0.4, 0.5) is 20.2 Å². The zero-order valence-electron chi connectivity index (χ0n) is 15.6. The molecule has 1 saturated heterocycles. The summed E-state index contributed by atoms with van der Waals surface area (Å²) < 4.78 is 27.2. The molecule has 1 aliphatic heterocycles. The molecule has 5 nitrogen and oxygen atoms in total. The fourth-order valence-corrected chi connectivity index (χ4v) is 3.58. The normalized spacial score (nSPS) is 15.4. The number of likely N-dealkylation sites (N-methyl/N-ethyl adjacent to an activating group) is 1. The first-order valence-corrected chi connectivity index (χ1v) is 9.25. The van der Waals surface area contributed by atoms with Gasteiger partial charge in [0.2, 0.25) is 0 Å². The molecule has 0 bridgehead atoms. The van der Waals surface area contributed by atoms with Crippen molar-refractivity contribution >= 4 is 28.2 Å². The second-order valence-electron chi connectivity index (χ2n) is 7.04. The van der Waals surface area contributed by atoms with Crippen molar-refractivity contribution in [3.63, 3.8) is 0 Å². The van der Waals surface area contributed by atoms with Crippen molar-refractivity contribution < 1.29 is 13.6 Å². The van der Waals surface area contributed by atoms with Gasteiger partial charge in [0.1, 0.15) is 0 Å². The van der Waals surface area contributed by atoms with Gasteiger partial charge in [-0.1, -0.05) is 18.2 Å². The summed E-state index contributed by atoms with van der Waals surface area (Å²) in [5, 5.41) is 3.57. The van der Waals surface area contributed by atoms with Crippen molar-refractivity contribution in [2.24, 2.45) is 0 Å². The quantitative estimate of drug-likeness (QED) is 0.738. The second-order valence-corrected chi connectivity index (χ2v) is 7.04. The minimum Gasteiger partial charge on any atom is -0.368 e. The second kappa shape index (κ2) is 7.59. The molecule has 0 aliphatic carbocycles. The van der Waals surface area contributed by atoms with E-state index < -0.39 is 6.55 Å². The Morgan fingerprint density at radius 2 is 1.79 bits per heavy atom. The van der Waals surface area contributed by atoms with Gasteiger partial charge in [0, 0.05) is 43.8 Å². The average Bonchev–Trinajstić information content (AvgIpc) is 3.12. The fourth-order valence-electron chi connectivity index (χ4n) is 3.58. The summed E-state index contributed by atoms with van der Waals surface area (Å²) in [6.45, 7) is 0.971. The van der Waals surface area contributed by atoms with Crippen LogP contribution in [0.1, 0.15) is 16.9 Å². The maximum absolute atomic E-state index is 13.1. The lowest BCUT2D eigenvalue weighted by molar-refractivity contribution is 0.0752. The number of piperazine rings is 1. The van der Waals surface area contributed by atoms with Crippen molar-refractivity contribution in [2.45, 2.75) is 6.55 Å². The topological polar surface area (TPSA) is 40.5 Å². The predicted octanol–water partition coefficient (Wildman–Crippen LogP) is 4.04. The number of hydrogen-bond donors (Lipinski definition) is 1. The zero-order valence-corrected chi connectivity index (χ0v) is 15.6. The van der Waals surface area contributed by atoms with Crippen LogP contribution >= 0.6 is 0 Å². The van der Waals surface area contributed by atoms with E-state index in [9.17, 15) is 13.6 Å². The Kier molecular flexibility index (Phi) is 5.00. The van der Waals surface area contributed by atoms with Crippen LogP contribution in [0.3, 0.4) is 0 Å². The number of halogens is 2. The molecule has 4 rings (SSSR count). The third-order valence-corrected chi connectivity index (χ3v) is 5.18. The molecule has 146 valence electrons. The summed E-state index contributed by atoms with van der Waals surface area (Å²) >= 11 is 0. The summed E-state index contributed by atoms with van der Waals surface area (Å²) in [6.07, 6.45) is 1.35. The number of nitrogens with zero attached hydrogens (tertiary/aromatic N) is 3. The molecule has 7 heteroatoms. The van der Waals surface area contributed by atoms with Crippen molar-refractivity contribution in [3.05, 3.63) is 60.3 Å². The maximum Gasteiger partial charge on any atom is 0.319 e. The zero-order chi connectivity index (χ0) is 19.7. The molecule has 1 amide bonds. The molecule has 1 aromatic heterocycles. The molecule has 1 N–H and O–H groups in total. The molecule has 1 fully saturated rings. The molecular formula is C21H22F2N4O. The smallest absolute Gasteiger partial charge is 0.319 e. The third-order valence-electron chi connectivity index (χ3n) is 5.18. The van der Waals surface area contributed by atoms with Gasteiger partial charge in [-0.3, -0.25) is 9.36 Å². The number of nitrogens with one attached hydrogen (secondary N) is 1. The molecule has 28 heavy (non-hydrogen) atoms. The third kappa shape index (κ3) is 3.57. The summed E-state index contributed by atoms with van der Waals surface area (Å²) in [5.74, 6) is -0.246. The van der Waals surface area contributed by atoms with Gasteiger partial charge in [-0.05, 0) is 42.8 Å². The molecule has 0 atom stereocenters. The van der Waals surface area contributed by atoms with Gasteiger partial charge in [-0.25, -0.2) is 0 Å². The molecule has 0 saturated carbocycles. The minimum atomic E-state index is -2.62. The van der Waals surface area contributed by atoms with Crippen LogP contribution in [0.2, 0.25) is 0 Å². The summed E-state index contributed by atoms with van der Waals surface area (Å²) in [4.78, 5) is 17.4. The van der Waals surface area contributed by atoms with Crippen LogP contribution in [0.15, 0.2) is 54.7 Å². The first-order valence-electron chi connectivity index (χ1n) is 9.25. The monoisotopic (exact) mass is 384 g/mol. The minimum absolute atomic E-state index is 0.246.